The first-order chi connectivity index (χ1) is 10.9. The molecule has 1 aliphatic rings. The van der Waals surface area contributed by atoms with Gasteiger partial charge in [0.05, 0.1) is 23.9 Å². The molecule has 0 fully saturated rings. The minimum absolute atomic E-state index is 0.253. The lowest BCUT2D eigenvalue weighted by Crippen LogP contribution is -2.38. The Hall–Kier alpha value is -2.63. The van der Waals surface area contributed by atoms with Crippen molar-refractivity contribution in [3.63, 3.8) is 0 Å². The molecule has 6 nitrogen and oxygen atoms in total. The molecule has 3 rings (SSSR count). The maximum atomic E-state index is 5.26. The van der Waals surface area contributed by atoms with Crippen molar-refractivity contribution in [1.29, 1.82) is 0 Å². The van der Waals surface area contributed by atoms with Gasteiger partial charge in [0.1, 0.15) is 5.75 Å². The van der Waals surface area contributed by atoms with Crippen LogP contribution in [0.1, 0.15) is 26.5 Å². The van der Waals surface area contributed by atoms with Gasteiger partial charge in [-0.3, -0.25) is 5.32 Å². The van der Waals surface area contributed by atoms with Crippen LogP contribution in [0.2, 0.25) is 0 Å². The lowest BCUT2D eigenvalue weighted by molar-refractivity contribution is 0.415. The number of aryl methyl sites for hydroxylation is 1. The molecule has 1 aliphatic heterocycles. The van der Waals surface area contributed by atoms with E-state index in [-0.39, 0.29) is 5.54 Å². The molecule has 0 unspecified atom stereocenters. The summed E-state index contributed by atoms with van der Waals surface area (Å²) in [6.45, 7) is 8.08. The Morgan fingerprint density at radius 2 is 1.96 bits per heavy atom. The fraction of sp³-hybridized carbons (Fsp3) is 0.353. The van der Waals surface area contributed by atoms with Gasteiger partial charge in [-0.25, -0.2) is 15.0 Å². The number of ether oxygens (including phenoxy) is 1. The highest BCUT2D eigenvalue weighted by molar-refractivity contribution is 5.95. The minimum Gasteiger partial charge on any atom is -0.497 e. The van der Waals surface area contributed by atoms with Gasteiger partial charge >= 0.3 is 0 Å². The van der Waals surface area contributed by atoms with E-state index in [1.807, 2.05) is 32.0 Å². The molecule has 23 heavy (non-hydrogen) atoms. The summed E-state index contributed by atoms with van der Waals surface area (Å²) in [5, 5.41) is 7.36. The summed E-state index contributed by atoms with van der Waals surface area (Å²) in [7, 11) is 1.65. The Morgan fingerprint density at radius 3 is 2.65 bits per heavy atom. The molecule has 0 atom stereocenters. The molecule has 6 heteroatoms. The quantitative estimate of drug-likeness (QED) is 0.892. The topological polar surface area (TPSA) is 71.4 Å². The van der Waals surface area contributed by atoms with Crippen LogP contribution in [0.4, 0.5) is 5.95 Å². The van der Waals surface area contributed by atoms with E-state index in [9.17, 15) is 0 Å². The lowest BCUT2D eigenvalue weighted by Gasteiger charge is -2.25. The summed E-state index contributed by atoms with van der Waals surface area (Å²) < 4.78 is 5.26. The molecule has 2 N–H and O–H groups in total. The van der Waals surface area contributed by atoms with Crippen molar-refractivity contribution in [2.24, 2.45) is 4.99 Å². The molecule has 1 aromatic heterocycles. The maximum absolute atomic E-state index is 5.26. The smallest absolute Gasteiger partial charge is 0.230 e. The number of benzene rings is 1. The Morgan fingerprint density at radius 1 is 1.17 bits per heavy atom. The van der Waals surface area contributed by atoms with Gasteiger partial charge in [-0.15, -0.1) is 0 Å². The van der Waals surface area contributed by atoms with Crippen LogP contribution in [0, 0.1) is 6.92 Å². The number of fused-ring (bicyclic) bond motifs is 1. The number of anilines is 1. The van der Waals surface area contributed by atoms with Gasteiger partial charge < -0.3 is 10.1 Å². The molecule has 2 heterocycles. The van der Waals surface area contributed by atoms with Gasteiger partial charge in [0.15, 0.2) is 0 Å². The molecule has 0 bridgehead atoms. The summed E-state index contributed by atoms with van der Waals surface area (Å²) >= 11 is 0. The van der Waals surface area contributed by atoms with Crippen LogP contribution in [-0.2, 0) is 0 Å². The molecule has 0 saturated heterocycles. The molecule has 0 spiro atoms. The second-order valence-electron chi connectivity index (χ2n) is 6.21. The number of guanidine groups is 1. The second kappa shape index (κ2) is 5.53. The van der Waals surface area contributed by atoms with E-state index < -0.39 is 0 Å². The largest absolute Gasteiger partial charge is 0.497 e. The van der Waals surface area contributed by atoms with Gasteiger partial charge in [-0.2, -0.15) is 0 Å². The van der Waals surface area contributed by atoms with E-state index >= 15 is 0 Å². The van der Waals surface area contributed by atoms with Gasteiger partial charge in [0.2, 0.25) is 11.9 Å². The molecule has 0 radical (unpaired) electrons. The van der Waals surface area contributed by atoms with Gasteiger partial charge in [-0.05, 0) is 52.0 Å². The third-order valence-electron chi connectivity index (χ3n) is 3.61. The van der Waals surface area contributed by atoms with Crippen LogP contribution >= 0.6 is 0 Å². The zero-order valence-electron chi connectivity index (χ0n) is 14.1. The highest BCUT2D eigenvalue weighted by Gasteiger charge is 2.20. The molecular formula is C17H21N5O. The molecule has 2 aromatic rings. The van der Waals surface area contributed by atoms with E-state index in [1.54, 1.807) is 7.11 Å². The van der Waals surface area contributed by atoms with Crippen LogP contribution in [0.3, 0.4) is 0 Å². The number of aliphatic imine (C=N–C) groups is 1. The predicted molar refractivity (Wildman–Crippen MR) is 92.9 cm³/mol. The fourth-order valence-electron chi connectivity index (χ4n) is 2.71. The number of hydrogen-bond acceptors (Lipinski definition) is 6. The monoisotopic (exact) mass is 311 g/mol. The van der Waals surface area contributed by atoms with E-state index in [2.05, 4.69) is 45.5 Å². The van der Waals surface area contributed by atoms with Crippen molar-refractivity contribution in [1.82, 2.24) is 15.3 Å². The second-order valence-corrected chi connectivity index (χ2v) is 6.21. The Labute approximate surface area is 135 Å². The first kappa shape index (κ1) is 15.3. The Bertz CT molecular complexity index is 823. The SMILES string of the molecule is COc1ccc2nc(NC3=NC(C)(C)C=C(C)N3)nc(C)c2c1. The number of nitrogens with one attached hydrogen (secondary N) is 2. The third kappa shape index (κ3) is 3.26. The van der Waals surface area contributed by atoms with Crippen molar-refractivity contribution in [3.05, 3.63) is 35.7 Å². The van der Waals surface area contributed by atoms with Crippen molar-refractivity contribution in [2.75, 3.05) is 12.4 Å². The summed E-state index contributed by atoms with van der Waals surface area (Å²) in [6.07, 6.45) is 2.08. The minimum atomic E-state index is -0.253. The third-order valence-corrected chi connectivity index (χ3v) is 3.61. The summed E-state index contributed by atoms with van der Waals surface area (Å²) in [5.74, 6) is 1.98. The number of aromatic nitrogens is 2. The van der Waals surface area contributed by atoms with E-state index in [1.165, 1.54) is 0 Å². The Balaban J connectivity index is 1.94. The lowest BCUT2D eigenvalue weighted by atomic mass is 10.0. The van der Waals surface area contributed by atoms with Crippen LogP contribution in [-0.4, -0.2) is 28.6 Å². The molecule has 0 amide bonds. The van der Waals surface area contributed by atoms with Crippen LogP contribution in [0.5, 0.6) is 5.75 Å². The van der Waals surface area contributed by atoms with E-state index in [0.29, 0.717) is 11.9 Å². The molecule has 1 aromatic carbocycles. The number of methoxy groups -OCH3 is 1. The van der Waals surface area contributed by atoms with Crippen molar-refractivity contribution in [3.8, 4) is 5.75 Å². The standard InChI is InChI=1S/C17H21N5O/c1-10-9-17(3,4)22-16(18-10)21-15-19-11(2)13-8-12(23-5)6-7-14(13)20-15/h6-9H,1-5H3,(H2,18,19,20,21,22). The van der Waals surface area contributed by atoms with E-state index in [0.717, 1.165) is 28.0 Å². The number of rotatable bonds is 2. The average Bonchev–Trinajstić information content (AvgIpc) is 2.44. The molecule has 120 valence electrons. The number of nitrogens with zero attached hydrogens (tertiary/aromatic N) is 3. The van der Waals surface area contributed by atoms with E-state index in [4.69, 9.17) is 4.74 Å². The summed E-state index contributed by atoms with van der Waals surface area (Å²) in [6, 6.07) is 5.77. The van der Waals surface area contributed by atoms with Gasteiger partial charge in [0.25, 0.3) is 0 Å². The molecular weight excluding hydrogens is 290 g/mol. The zero-order valence-corrected chi connectivity index (χ0v) is 14.1. The van der Waals surface area contributed by atoms with Crippen LogP contribution < -0.4 is 15.4 Å². The zero-order chi connectivity index (χ0) is 16.6. The fourth-order valence-corrected chi connectivity index (χ4v) is 2.71. The first-order valence-electron chi connectivity index (χ1n) is 7.52. The highest BCUT2D eigenvalue weighted by Crippen LogP contribution is 2.23. The van der Waals surface area contributed by atoms with Crippen molar-refractivity contribution >= 4 is 22.8 Å². The predicted octanol–water partition coefficient (Wildman–Crippen LogP) is 3.00. The van der Waals surface area contributed by atoms with Gasteiger partial charge in [0, 0.05) is 11.1 Å². The Kier molecular flexibility index (Phi) is 3.67. The summed E-state index contributed by atoms with van der Waals surface area (Å²) in [4.78, 5) is 13.7. The van der Waals surface area contributed by atoms with Gasteiger partial charge in [-0.1, -0.05) is 0 Å². The maximum Gasteiger partial charge on any atom is 0.230 e. The average molecular weight is 311 g/mol. The highest BCUT2D eigenvalue weighted by atomic mass is 16.5. The molecule has 0 aliphatic carbocycles. The number of hydrogen-bond donors (Lipinski definition) is 2. The number of allylic oxidation sites excluding steroid dienone is 1. The molecule has 0 saturated carbocycles. The normalized spacial score (nSPS) is 16.4. The van der Waals surface area contributed by atoms with Crippen molar-refractivity contribution < 1.29 is 4.74 Å². The van der Waals surface area contributed by atoms with Crippen LogP contribution in [0.25, 0.3) is 10.9 Å². The first-order valence-corrected chi connectivity index (χ1v) is 7.52. The summed E-state index contributed by atoms with van der Waals surface area (Å²) in [5.41, 5.74) is 2.55. The van der Waals surface area contributed by atoms with Crippen LogP contribution in [0.15, 0.2) is 35.0 Å². The van der Waals surface area contributed by atoms with Crippen molar-refractivity contribution in [2.45, 2.75) is 33.2 Å².